The van der Waals surface area contributed by atoms with Crippen molar-refractivity contribution in [3.8, 4) is 5.75 Å². The van der Waals surface area contributed by atoms with Gasteiger partial charge in [-0.2, -0.15) is 0 Å². The van der Waals surface area contributed by atoms with Crippen LogP contribution in [0.4, 0.5) is 0 Å². The summed E-state index contributed by atoms with van der Waals surface area (Å²) in [6.45, 7) is 6.25. The molecule has 3 atom stereocenters. The minimum atomic E-state index is -0.841. The van der Waals surface area contributed by atoms with Crippen molar-refractivity contribution in [1.29, 1.82) is 0 Å². The molecule has 1 amide bonds. The van der Waals surface area contributed by atoms with E-state index in [1.807, 2.05) is 36.9 Å². The number of benzene rings is 1. The van der Waals surface area contributed by atoms with Gasteiger partial charge in [-0.1, -0.05) is 26.0 Å². The fourth-order valence-corrected chi connectivity index (χ4v) is 5.31. The van der Waals surface area contributed by atoms with Crippen molar-refractivity contribution in [3.05, 3.63) is 53.6 Å². The third-order valence-corrected chi connectivity index (χ3v) is 7.01. The maximum Gasteiger partial charge on any atom is 0.308 e. The molecule has 0 spiro atoms. The minimum Gasteiger partial charge on any atom is -0.493 e. The number of ether oxygens (including phenoxy) is 1. The van der Waals surface area contributed by atoms with Crippen LogP contribution in [0.15, 0.2) is 36.8 Å². The molecule has 0 bridgehead atoms. The van der Waals surface area contributed by atoms with Crippen LogP contribution in [0.25, 0.3) is 0 Å². The number of aliphatic carboxylic acids is 1. The lowest BCUT2D eigenvalue weighted by Gasteiger charge is -2.29. The normalized spacial score (nSPS) is 21.2. The number of amides is 1. The lowest BCUT2D eigenvalue weighted by atomic mass is 9.83. The Morgan fingerprint density at radius 2 is 2.11 bits per heavy atom. The van der Waals surface area contributed by atoms with Crippen LogP contribution in [0.3, 0.4) is 0 Å². The molecule has 1 N–H and O–H groups in total. The number of likely N-dealkylation sites (tertiary alicyclic amines) is 1. The van der Waals surface area contributed by atoms with Crippen LogP contribution < -0.4 is 4.74 Å². The van der Waals surface area contributed by atoms with E-state index in [-0.39, 0.29) is 24.4 Å². The monoisotopic (exact) mass is 496 g/mol. The molecule has 3 heterocycles. The van der Waals surface area contributed by atoms with E-state index in [0.717, 1.165) is 41.8 Å². The number of hydroxylamine groups is 2. The zero-order valence-electron chi connectivity index (χ0n) is 21.1. The fourth-order valence-electron chi connectivity index (χ4n) is 5.31. The average molecular weight is 497 g/mol. The zero-order chi connectivity index (χ0) is 25.5. The van der Waals surface area contributed by atoms with Crippen LogP contribution >= 0.6 is 0 Å². The molecule has 1 fully saturated rings. The Morgan fingerprint density at radius 1 is 1.25 bits per heavy atom. The van der Waals surface area contributed by atoms with Crippen molar-refractivity contribution in [2.45, 2.75) is 57.9 Å². The Bertz CT molecular complexity index is 1030. The molecular weight excluding hydrogens is 460 g/mol. The lowest BCUT2D eigenvalue weighted by molar-refractivity contribution is -0.188. The number of nitrogens with zero attached hydrogens (tertiary/aromatic N) is 4. The molecule has 1 aromatic heterocycles. The van der Waals surface area contributed by atoms with Gasteiger partial charge in [0, 0.05) is 43.4 Å². The molecule has 0 aliphatic carbocycles. The van der Waals surface area contributed by atoms with E-state index in [9.17, 15) is 14.7 Å². The minimum absolute atomic E-state index is 0.118. The molecule has 2 aromatic rings. The highest BCUT2D eigenvalue weighted by Gasteiger charge is 2.47. The number of rotatable bonds is 12. The molecule has 36 heavy (non-hydrogen) atoms. The SMILES string of the molecule is CCCON(CCC)C(=O)CN1C[C@H](c2ccc3c(c2)CCO3)C(C(=O)O)[C@@H]1CCc1ccncn1. The van der Waals surface area contributed by atoms with Gasteiger partial charge in [0.1, 0.15) is 12.1 Å². The highest BCUT2D eigenvalue weighted by molar-refractivity contribution is 5.78. The molecule has 9 nitrogen and oxygen atoms in total. The van der Waals surface area contributed by atoms with Crippen LogP contribution in [0.5, 0.6) is 5.75 Å². The number of aromatic nitrogens is 2. The number of hydrogen-bond donors (Lipinski definition) is 1. The van der Waals surface area contributed by atoms with Gasteiger partial charge in [-0.05, 0) is 48.9 Å². The molecule has 2 aliphatic rings. The topological polar surface area (TPSA) is 105 Å². The van der Waals surface area contributed by atoms with E-state index in [4.69, 9.17) is 9.57 Å². The number of carbonyl (C=O) groups excluding carboxylic acids is 1. The maximum absolute atomic E-state index is 13.3. The second-order valence-corrected chi connectivity index (χ2v) is 9.50. The summed E-state index contributed by atoms with van der Waals surface area (Å²) in [7, 11) is 0. The second kappa shape index (κ2) is 12.3. The highest BCUT2D eigenvalue weighted by Crippen LogP contribution is 2.41. The van der Waals surface area contributed by atoms with Gasteiger partial charge in [-0.25, -0.2) is 15.0 Å². The van der Waals surface area contributed by atoms with Crippen molar-refractivity contribution in [1.82, 2.24) is 19.9 Å². The van der Waals surface area contributed by atoms with Crippen LogP contribution in [-0.4, -0.2) is 75.8 Å². The molecule has 0 saturated carbocycles. The van der Waals surface area contributed by atoms with Crippen molar-refractivity contribution in [2.75, 3.05) is 32.8 Å². The Kier molecular flexibility index (Phi) is 8.88. The van der Waals surface area contributed by atoms with Gasteiger partial charge in [0.05, 0.1) is 25.7 Å². The van der Waals surface area contributed by atoms with E-state index in [1.165, 1.54) is 11.4 Å². The first-order chi connectivity index (χ1) is 17.5. The molecule has 4 rings (SSSR count). The maximum atomic E-state index is 13.3. The number of carboxylic acid groups (broad SMARTS) is 1. The average Bonchev–Trinajstić information content (AvgIpc) is 3.50. The summed E-state index contributed by atoms with van der Waals surface area (Å²) in [6, 6.07) is 7.54. The van der Waals surface area contributed by atoms with E-state index in [0.29, 0.717) is 39.1 Å². The predicted molar refractivity (Wildman–Crippen MR) is 133 cm³/mol. The van der Waals surface area contributed by atoms with Crippen LogP contribution in [0.2, 0.25) is 0 Å². The van der Waals surface area contributed by atoms with Crippen LogP contribution in [-0.2, 0) is 27.3 Å². The summed E-state index contributed by atoms with van der Waals surface area (Å²) in [4.78, 5) is 42.0. The van der Waals surface area contributed by atoms with Gasteiger partial charge < -0.3 is 9.84 Å². The summed E-state index contributed by atoms with van der Waals surface area (Å²) in [6.07, 6.45) is 6.80. The van der Waals surface area contributed by atoms with E-state index in [1.54, 1.807) is 6.20 Å². The third-order valence-electron chi connectivity index (χ3n) is 7.01. The van der Waals surface area contributed by atoms with Gasteiger partial charge in [0.25, 0.3) is 5.91 Å². The van der Waals surface area contributed by atoms with E-state index >= 15 is 0 Å². The van der Waals surface area contributed by atoms with Gasteiger partial charge in [0.15, 0.2) is 0 Å². The van der Waals surface area contributed by atoms with E-state index in [2.05, 4.69) is 16.0 Å². The van der Waals surface area contributed by atoms with Crippen molar-refractivity contribution >= 4 is 11.9 Å². The van der Waals surface area contributed by atoms with Gasteiger partial charge in [-0.15, -0.1) is 0 Å². The molecule has 2 aliphatic heterocycles. The quantitative estimate of drug-likeness (QED) is 0.447. The third kappa shape index (κ3) is 6.02. The first-order valence-electron chi connectivity index (χ1n) is 12.9. The van der Waals surface area contributed by atoms with Gasteiger partial charge in [-0.3, -0.25) is 19.3 Å². The Labute approximate surface area is 212 Å². The largest absolute Gasteiger partial charge is 0.493 e. The molecule has 1 saturated heterocycles. The first-order valence-corrected chi connectivity index (χ1v) is 12.9. The summed E-state index contributed by atoms with van der Waals surface area (Å²) < 4.78 is 5.65. The van der Waals surface area contributed by atoms with E-state index < -0.39 is 11.9 Å². The number of hydrogen-bond acceptors (Lipinski definition) is 7. The number of fused-ring (bicyclic) bond motifs is 1. The summed E-state index contributed by atoms with van der Waals surface area (Å²) >= 11 is 0. The van der Waals surface area contributed by atoms with Crippen molar-refractivity contribution in [2.24, 2.45) is 5.92 Å². The summed E-state index contributed by atoms with van der Waals surface area (Å²) in [5, 5.41) is 11.8. The molecule has 194 valence electrons. The Morgan fingerprint density at radius 3 is 2.83 bits per heavy atom. The lowest BCUT2D eigenvalue weighted by Crippen LogP contribution is -2.44. The van der Waals surface area contributed by atoms with Crippen molar-refractivity contribution in [3.63, 3.8) is 0 Å². The standard InChI is InChI=1S/C27H36N4O5/c1-3-12-31(36-13-4-2)25(32)17-30-16-22(19-5-8-24-20(15-19)10-14-35-24)26(27(33)34)23(30)7-6-21-9-11-28-18-29-21/h5,8-9,11,15,18,22-23,26H,3-4,6-7,10,12-14,16-17H2,1-2H3,(H,33,34)/t22-,23+,26?/m1/s1. The summed E-state index contributed by atoms with van der Waals surface area (Å²) in [5.74, 6) is -0.972. The molecular formula is C27H36N4O5. The Hall–Kier alpha value is -3.04. The summed E-state index contributed by atoms with van der Waals surface area (Å²) in [5.41, 5.74) is 2.96. The smallest absolute Gasteiger partial charge is 0.308 e. The first kappa shape index (κ1) is 26.0. The second-order valence-electron chi connectivity index (χ2n) is 9.50. The number of carbonyl (C=O) groups is 2. The number of carboxylic acids is 1. The fraction of sp³-hybridized carbons (Fsp3) is 0.556. The molecule has 9 heteroatoms. The predicted octanol–water partition coefficient (Wildman–Crippen LogP) is 3.09. The molecule has 1 unspecified atom stereocenters. The van der Waals surface area contributed by atoms with Crippen LogP contribution in [0.1, 0.15) is 55.8 Å². The molecule has 0 radical (unpaired) electrons. The molecule has 1 aromatic carbocycles. The zero-order valence-corrected chi connectivity index (χ0v) is 21.1. The number of aryl methyl sites for hydroxylation is 1. The van der Waals surface area contributed by atoms with Crippen LogP contribution in [0, 0.1) is 5.92 Å². The van der Waals surface area contributed by atoms with Gasteiger partial charge >= 0.3 is 5.97 Å². The Balaban J connectivity index is 1.59. The van der Waals surface area contributed by atoms with Crippen molar-refractivity contribution < 1.29 is 24.3 Å². The van der Waals surface area contributed by atoms with Gasteiger partial charge in [0.2, 0.25) is 0 Å². The highest BCUT2D eigenvalue weighted by atomic mass is 16.7.